The largest absolute Gasteiger partial charge is 0.337 e. The van der Waals surface area contributed by atoms with E-state index in [0.29, 0.717) is 22.1 Å². The van der Waals surface area contributed by atoms with E-state index in [1.807, 2.05) is 48.5 Å². The smallest absolute Gasteiger partial charge is 0.257 e. The number of hydrogen-bond donors (Lipinski definition) is 3. The van der Waals surface area contributed by atoms with Crippen molar-refractivity contribution >= 4 is 35.0 Å². The summed E-state index contributed by atoms with van der Waals surface area (Å²) in [6, 6.07) is 25.7. The third-order valence-electron chi connectivity index (χ3n) is 4.58. The molecule has 8 heteroatoms. The van der Waals surface area contributed by atoms with Gasteiger partial charge in [-0.25, -0.2) is 9.66 Å². The predicted octanol–water partition coefficient (Wildman–Crippen LogP) is 4.25. The van der Waals surface area contributed by atoms with Crippen LogP contribution in [0.25, 0.3) is 11.3 Å². The van der Waals surface area contributed by atoms with Gasteiger partial charge >= 0.3 is 0 Å². The van der Waals surface area contributed by atoms with Gasteiger partial charge in [0.1, 0.15) is 0 Å². The number of thioether (sulfide) groups is 1. The maximum atomic E-state index is 12.7. The average molecular weight is 444 g/mol. The van der Waals surface area contributed by atoms with Crippen molar-refractivity contribution in [2.75, 3.05) is 22.2 Å². The van der Waals surface area contributed by atoms with Crippen molar-refractivity contribution < 1.29 is 9.59 Å². The number of nitrogen functional groups attached to an aromatic ring is 1. The number of para-hydroxylation sites is 2. The summed E-state index contributed by atoms with van der Waals surface area (Å²) in [6.45, 7) is 0. The minimum atomic E-state index is -0.301. The van der Waals surface area contributed by atoms with Crippen LogP contribution in [0.4, 0.5) is 11.4 Å². The summed E-state index contributed by atoms with van der Waals surface area (Å²) in [7, 11) is 0. The first-order valence-corrected chi connectivity index (χ1v) is 10.9. The first kappa shape index (κ1) is 21.2. The zero-order chi connectivity index (χ0) is 22.3. The van der Waals surface area contributed by atoms with E-state index >= 15 is 0 Å². The maximum Gasteiger partial charge on any atom is 0.257 e. The molecule has 7 nitrogen and oxygen atoms in total. The second-order valence-electron chi connectivity index (χ2n) is 6.88. The van der Waals surface area contributed by atoms with Gasteiger partial charge < -0.3 is 16.5 Å². The van der Waals surface area contributed by atoms with E-state index in [-0.39, 0.29) is 17.6 Å². The summed E-state index contributed by atoms with van der Waals surface area (Å²) in [5, 5.41) is 6.16. The lowest BCUT2D eigenvalue weighted by molar-refractivity contribution is -0.113. The Hall–Kier alpha value is -4.04. The first-order chi connectivity index (χ1) is 15.6. The Labute approximate surface area is 189 Å². The number of aromatic nitrogens is 2. The topological polar surface area (TPSA) is 102 Å². The molecule has 1 heterocycles. The molecule has 4 N–H and O–H groups in total. The number of rotatable bonds is 7. The molecule has 0 bridgehead atoms. The van der Waals surface area contributed by atoms with Gasteiger partial charge in [-0.15, -0.1) is 0 Å². The van der Waals surface area contributed by atoms with Gasteiger partial charge in [0.05, 0.1) is 28.9 Å². The fourth-order valence-corrected chi connectivity index (χ4v) is 3.75. The van der Waals surface area contributed by atoms with Crippen molar-refractivity contribution in [1.29, 1.82) is 0 Å². The highest BCUT2D eigenvalue weighted by molar-refractivity contribution is 7.99. The molecule has 0 saturated heterocycles. The molecule has 160 valence electrons. The number of nitrogens with two attached hydrogens (primary N) is 1. The minimum Gasteiger partial charge on any atom is -0.337 e. The molecule has 0 spiro atoms. The van der Waals surface area contributed by atoms with Crippen LogP contribution in [-0.4, -0.2) is 27.2 Å². The lowest BCUT2D eigenvalue weighted by atomic mass is 10.1. The molecule has 0 aliphatic rings. The van der Waals surface area contributed by atoms with Gasteiger partial charge in [-0.1, -0.05) is 72.4 Å². The van der Waals surface area contributed by atoms with Gasteiger partial charge in [0.15, 0.2) is 5.16 Å². The molecule has 0 atom stereocenters. The SMILES string of the molecule is Nn1cc(-c2ccccc2)nc1SCC(=O)Nc1ccccc1C(=O)Nc1ccccc1. The van der Waals surface area contributed by atoms with Crippen molar-refractivity contribution in [2.24, 2.45) is 0 Å². The number of benzene rings is 3. The van der Waals surface area contributed by atoms with Crippen LogP contribution in [0, 0.1) is 0 Å². The molecule has 4 rings (SSSR count). The standard InChI is InChI=1S/C24H21N5O2S/c25-29-15-21(17-9-3-1-4-10-17)28-24(29)32-16-22(30)27-20-14-8-7-13-19(20)23(31)26-18-11-5-2-6-12-18/h1-15H,16,25H2,(H,26,31)(H,27,30). The summed E-state index contributed by atoms with van der Waals surface area (Å²) in [5.41, 5.74) is 3.17. The highest BCUT2D eigenvalue weighted by atomic mass is 32.2. The van der Waals surface area contributed by atoms with Gasteiger partial charge in [-0.2, -0.15) is 0 Å². The fourth-order valence-electron chi connectivity index (χ4n) is 3.06. The normalized spacial score (nSPS) is 10.5. The van der Waals surface area contributed by atoms with Gasteiger partial charge in [-0.05, 0) is 24.3 Å². The zero-order valence-electron chi connectivity index (χ0n) is 17.1. The Morgan fingerprint density at radius 1 is 0.875 bits per heavy atom. The van der Waals surface area contributed by atoms with E-state index in [1.54, 1.807) is 42.6 Å². The lowest BCUT2D eigenvalue weighted by Crippen LogP contribution is -2.19. The Morgan fingerprint density at radius 3 is 2.28 bits per heavy atom. The maximum absolute atomic E-state index is 12.7. The number of amides is 2. The van der Waals surface area contributed by atoms with E-state index in [0.717, 1.165) is 11.3 Å². The second-order valence-corrected chi connectivity index (χ2v) is 7.83. The zero-order valence-corrected chi connectivity index (χ0v) is 17.9. The van der Waals surface area contributed by atoms with Crippen molar-refractivity contribution in [1.82, 2.24) is 9.66 Å². The molecule has 0 unspecified atom stereocenters. The lowest BCUT2D eigenvalue weighted by Gasteiger charge is -2.11. The monoisotopic (exact) mass is 443 g/mol. The van der Waals surface area contributed by atoms with Crippen LogP contribution >= 0.6 is 11.8 Å². The number of hydrogen-bond acceptors (Lipinski definition) is 5. The number of imidazole rings is 1. The molecule has 4 aromatic rings. The van der Waals surface area contributed by atoms with Crippen molar-refractivity contribution in [3.8, 4) is 11.3 Å². The van der Waals surface area contributed by atoms with Crippen LogP contribution in [-0.2, 0) is 4.79 Å². The molecule has 0 aliphatic heterocycles. The van der Waals surface area contributed by atoms with Gasteiger partial charge in [0.25, 0.3) is 5.91 Å². The number of carbonyl (C=O) groups is 2. The van der Waals surface area contributed by atoms with Crippen LogP contribution in [0.15, 0.2) is 96.3 Å². The number of nitrogens with one attached hydrogen (secondary N) is 2. The minimum absolute atomic E-state index is 0.0943. The molecular formula is C24H21N5O2S. The summed E-state index contributed by atoms with van der Waals surface area (Å²) in [6.07, 6.45) is 1.72. The molecule has 0 aliphatic carbocycles. The van der Waals surface area contributed by atoms with Crippen molar-refractivity contribution in [3.63, 3.8) is 0 Å². The van der Waals surface area contributed by atoms with Gasteiger partial charge in [0.2, 0.25) is 5.91 Å². The fraction of sp³-hybridized carbons (Fsp3) is 0.0417. The van der Waals surface area contributed by atoms with Crippen molar-refractivity contribution in [2.45, 2.75) is 5.16 Å². The molecule has 32 heavy (non-hydrogen) atoms. The van der Waals surface area contributed by atoms with E-state index in [1.165, 1.54) is 16.4 Å². The molecular weight excluding hydrogens is 422 g/mol. The van der Waals surface area contributed by atoms with E-state index in [2.05, 4.69) is 15.6 Å². The van der Waals surface area contributed by atoms with Crippen molar-refractivity contribution in [3.05, 3.63) is 96.7 Å². The summed E-state index contributed by atoms with van der Waals surface area (Å²) in [4.78, 5) is 29.8. The van der Waals surface area contributed by atoms with Crippen LogP contribution in [0.3, 0.4) is 0 Å². The van der Waals surface area contributed by atoms with E-state index < -0.39 is 0 Å². The second kappa shape index (κ2) is 9.84. The number of carbonyl (C=O) groups excluding carboxylic acids is 2. The highest BCUT2D eigenvalue weighted by Gasteiger charge is 2.15. The highest BCUT2D eigenvalue weighted by Crippen LogP contribution is 2.23. The quantitative estimate of drug-likeness (QED) is 0.293. The van der Waals surface area contributed by atoms with Crippen LogP contribution in [0.2, 0.25) is 0 Å². The molecule has 1 aromatic heterocycles. The third kappa shape index (κ3) is 5.16. The Balaban J connectivity index is 1.40. The number of nitrogens with zero attached hydrogens (tertiary/aromatic N) is 2. The van der Waals surface area contributed by atoms with Crippen LogP contribution in [0.1, 0.15) is 10.4 Å². The summed E-state index contributed by atoms with van der Waals surface area (Å²) >= 11 is 1.22. The molecule has 0 radical (unpaired) electrons. The molecule has 0 fully saturated rings. The Kier molecular flexibility index (Phi) is 6.52. The van der Waals surface area contributed by atoms with E-state index in [9.17, 15) is 9.59 Å². The molecule has 2 amide bonds. The number of anilines is 2. The Morgan fingerprint density at radius 2 is 1.53 bits per heavy atom. The third-order valence-corrected chi connectivity index (χ3v) is 5.54. The van der Waals surface area contributed by atoms with Crippen LogP contribution in [0.5, 0.6) is 0 Å². The molecule has 3 aromatic carbocycles. The first-order valence-electron chi connectivity index (χ1n) is 9.88. The van der Waals surface area contributed by atoms with E-state index in [4.69, 9.17) is 5.84 Å². The summed E-state index contributed by atoms with van der Waals surface area (Å²) < 4.78 is 1.40. The predicted molar refractivity (Wildman–Crippen MR) is 128 cm³/mol. The van der Waals surface area contributed by atoms with Crippen LogP contribution < -0.4 is 16.5 Å². The molecule has 0 saturated carbocycles. The van der Waals surface area contributed by atoms with Gasteiger partial charge in [0, 0.05) is 11.3 Å². The average Bonchev–Trinajstić information content (AvgIpc) is 3.20. The Bertz CT molecular complexity index is 1230. The summed E-state index contributed by atoms with van der Waals surface area (Å²) in [5.74, 6) is 5.53. The van der Waals surface area contributed by atoms with Gasteiger partial charge in [-0.3, -0.25) is 9.59 Å².